The molecular weight excluding hydrogens is 943 g/mol. The number of primary sulfonamides is 1. The molecule has 0 aliphatic carbocycles. The summed E-state index contributed by atoms with van der Waals surface area (Å²) in [5, 5.41) is 32.7. The Balaban J connectivity index is 0.000000252. The van der Waals surface area contributed by atoms with Gasteiger partial charge < -0.3 is 33.6 Å². The van der Waals surface area contributed by atoms with Crippen LogP contribution in [0.3, 0.4) is 0 Å². The maximum absolute atomic E-state index is 14.5. The van der Waals surface area contributed by atoms with E-state index in [1.54, 1.807) is 30.5 Å². The highest BCUT2D eigenvalue weighted by molar-refractivity contribution is 7.90. The summed E-state index contributed by atoms with van der Waals surface area (Å²) in [5.74, 6) is -2.05. The van der Waals surface area contributed by atoms with E-state index in [0.29, 0.717) is 61.8 Å². The molecule has 69 heavy (non-hydrogen) atoms. The first-order chi connectivity index (χ1) is 31.9. The number of aromatic nitrogens is 2. The Morgan fingerprint density at radius 1 is 0.696 bits per heavy atom. The number of aliphatic carboxylic acids is 1. The van der Waals surface area contributed by atoms with E-state index in [-0.39, 0.29) is 41.2 Å². The molecule has 0 spiro atoms. The molecular formula is C48H56F2N4O13S2. The topological polar surface area (TPSA) is 272 Å². The zero-order chi connectivity index (χ0) is 51.8. The third-order valence-corrected chi connectivity index (χ3v) is 12.3. The summed E-state index contributed by atoms with van der Waals surface area (Å²) in [6.45, 7) is 13.5. The summed E-state index contributed by atoms with van der Waals surface area (Å²) >= 11 is 0. The lowest BCUT2D eigenvalue weighted by molar-refractivity contribution is -0.136. The van der Waals surface area contributed by atoms with Crippen molar-refractivity contribution in [2.75, 3.05) is 14.2 Å². The molecule has 0 bridgehead atoms. The van der Waals surface area contributed by atoms with Gasteiger partial charge in [0.25, 0.3) is 20.0 Å². The van der Waals surface area contributed by atoms with Gasteiger partial charge in [-0.2, -0.15) is 8.42 Å². The molecule has 0 unspecified atom stereocenters. The molecule has 0 saturated carbocycles. The summed E-state index contributed by atoms with van der Waals surface area (Å²) in [5.41, 5.74) is 2.79. The number of rotatable bonds is 15. The van der Waals surface area contributed by atoms with E-state index < -0.39 is 54.0 Å². The Bertz CT molecular complexity index is 3010. The van der Waals surface area contributed by atoms with E-state index >= 15 is 0 Å². The van der Waals surface area contributed by atoms with Crippen molar-refractivity contribution in [1.82, 2.24) is 14.7 Å². The number of sulfonamides is 2. The number of hydrogen-bond acceptors (Lipinski definition) is 14. The van der Waals surface area contributed by atoms with Crippen LogP contribution in [0.5, 0.6) is 11.8 Å². The van der Waals surface area contributed by atoms with Crippen LogP contribution in [0.4, 0.5) is 8.78 Å². The lowest BCUT2D eigenvalue weighted by atomic mass is 9.88. The highest BCUT2D eigenvalue weighted by Gasteiger charge is 2.28. The van der Waals surface area contributed by atoms with Crippen molar-refractivity contribution in [2.24, 2.45) is 5.14 Å². The molecule has 21 heteroatoms. The molecule has 0 fully saturated rings. The van der Waals surface area contributed by atoms with Gasteiger partial charge in [-0.25, -0.2) is 37.0 Å². The second-order valence-electron chi connectivity index (χ2n) is 17.3. The van der Waals surface area contributed by atoms with Crippen molar-refractivity contribution in [3.05, 3.63) is 131 Å². The van der Waals surface area contributed by atoms with Gasteiger partial charge in [0.15, 0.2) is 0 Å². The largest absolute Gasteiger partial charge is 0.481 e. The van der Waals surface area contributed by atoms with Gasteiger partial charge in [-0.3, -0.25) is 9.59 Å². The molecule has 4 aromatic heterocycles. The third kappa shape index (κ3) is 15.0. The van der Waals surface area contributed by atoms with E-state index in [9.17, 15) is 50.5 Å². The molecule has 372 valence electrons. The number of amides is 1. The molecule has 0 aliphatic heterocycles. The number of benzene rings is 2. The first-order valence-corrected chi connectivity index (χ1v) is 24.1. The minimum Gasteiger partial charge on any atom is -0.481 e. The van der Waals surface area contributed by atoms with Crippen LogP contribution in [-0.2, 0) is 53.7 Å². The van der Waals surface area contributed by atoms with Crippen LogP contribution in [0, 0.1) is 11.6 Å². The highest BCUT2D eigenvalue weighted by atomic mass is 32.2. The zero-order valence-electron chi connectivity index (χ0n) is 39.6. The molecule has 6 aromatic rings. The Morgan fingerprint density at radius 2 is 1.10 bits per heavy atom. The first-order valence-electron chi connectivity index (χ1n) is 21.0. The van der Waals surface area contributed by atoms with Crippen LogP contribution in [-0.4, -0.2) is 68.2 Å². The zero-order valence-corrected chi connectivity index (χ0v) is 41.3. The van der Waals surface area contributed by atoms with Gasteiger partial charge in [-0.1, -0.05) is 27.7 Å². The number of hydrogen-bond donors (Lipinski definition) is 5. The Morgan fingerprint density at radius 3 is 1.45 bits per heavy atom. The van der Waals surface area contributed by atoms with E-state index in [4.69, 9.17) is 19.0 Å². The van der Waals surface area contributed by atoms with E-state index in [0.717, 1.165) is 12.3 Å². The van der Waals surface area contributed by atoms with Crippen molar-refractivity contribution in [1.29, 1.82) is 0 Å². The summed E-state index contributed by atoms with van der Waals surface area (Å²) in [6, 6.07) is 14.4. The number of pyridine rings is 2. The maximum atomic E-state index is 14.5. The summed E-state index contributed by atoms with van der Waals surface area (Å²) in [6.07, 6.45) is 4.85. The normalized spacial score (nSPS) is 11.9. The summed E-state index contributed by atoms with van der Waals surface area (Å²) < 4.78 is 97.4. The minimum absolute atomic E-state index is 0.0209. The minimum atomic E-state index is -4.33. The molecule has 17 nitrogen and oxygen atoms in total. The van der Waals surface area contributed by atoms with Crippen LogP contribution in [0.2, 0.25) is 0 Å². The number of ether oxygens (including phenoxy) is 2. The number of carboxylic acids is 1. The smallest absolute Gasteiger partial charge is 0.307 e. The van der Waals surface area contributed by atoms with Crippen LogP contribution in [0.25, 0.3) is 22.3 Å². The lowest BCUT2D eigenvalue weighted by Gasteiger charge is -2.18. The Labute approximate surface area is 399 Å². The number of carbonyl (C=O) groups is 2. The van der Waals surface area contributed by atoms with Crippen LogP contribution >= 0.6 is 0 Å². The predicted octanol–water partition coefficient (Wildman–Crippen LogP) is 7.69. The number of halogens is 2. The van der Waals surface area contributed by atoms with Crippen molar-refractivity contribution in [3.63, 3.8) is 0 Å². The number of nitrogens with two attached hydrogens (primary N) is 1. The fourth-order valence-electron chi connectivity index (χ4n) is 6.75. The molecule has 1 amide bonds. The van der Waals surface area contributed by atoms with E-state index in [1.807, 2.05) is 32.4 Å². The van der Waals surface area contributed by atoms with Crippen LogP contribution in [0.1, 0.15) is 101 Å². The molecule has 2 aromatic carbocycles. The van der Waals surface area contributed by atoms with Gasteiger partial charge in [-0.05, 0) is 120 Å². The number of carboxylic acid groups (broad SMARTS) is 1. The van der Waals surface area contributed by atoms with Crippen molar-refractivity contribution in [3.8, 4) is 34.0 Å². The van der Waals surface area contributed by atoms with E-state index in [2.05, 4.69) is 14.4 Å². The summed E-state index contributed by atoms with van der Waals surface area (Å²) in [4.78, 5) is 32.1. The Hall–Kier alpha value is -6.52. The van der Waals surface area contributed by atoms with Gasteiger partial charge in [0, 0.05) is 47.8 Å². The summed E-state index contributed by atoms with van der Waals surface area (Å²) in [7, 11) is -5.20. The number of nitrogens with one attached hydrogen (secondary N) is 1. The number of aliphatic hydroxyl groups is 2. The van der Waals surface area contributed by atoms with Gasteiger partial charge in [0.1, 0.15) is 11.6 Å². The predicted molar refractivity (Wildman–Crippen MR) is 250 cm³/mol. The Kier molecular flexibility index (Phi) is 17.8. The molecule has 4 heterocycles. The third-order valence-electron chi connectivity index (χ3n) is 10.3. The number of carbonyl (C=O) groups excluding carboxylic acids is 1. The molecule has 0 aliphatic rings. The van der Waals surface area contributed by atoms with Crippen LogP contribution < -0.4 is 19.3 Å². The monoisotopic (exact) mass is 998 g/mol. The fourth-order valence-corrected chi connectivity index (χ4v) is 8.15. The van der Waals surface area contributed by atoms with Gasteiger partial charge in [-0.15, -0.1) is 0 Å². The molecule has 0 radical (unpaired) electrons. The maximum Gasteiger partial charge on any atom is 0.307 e. The SMILES string of the molecule is CC(C)(O)c1coc(S(N)(=O)=O)c1.COc1cc(-c2cc(F)cc(C(C)C)c2CC(=O)NS(=O)(=O)c2cc(C(C)(C)O)co2)ccn1.COc1cc(-c2cc(F)cc(C(C)C)c2CC(=O)O)ccn1. The van der Waals surface area contributed by atoms with Crippen molar-refractivity contribution in [2.45, 2.75) is 101 Å². The number of furan rings is 2. The number of nitrogens with zero attached hydrogens (tertiary/aromatic N) is 2. The van der Waals surface area contributed by atoms with E-state index in [1.165, 1.54) is 84.7 Å². The highest BCUT2D eigenvalue weighted by Crippen LogP contribution is 2.35. The molecule has 0 saturated heterocycles. The van der Waals surface area contributed by atoms with Crippen molar-refractivity contribution < 1.29 is 68.8 Å². The first kappa shape index (κ1) is 55.1. The number of methoxy groups -OCH3 is 2. The molecule has 0 atom stereocenters. The fraction of sp³-hybridized carbons (Fsp3) is 0.333. The van der Waals surface area contributed by atoms with Crippen LogP contribution in [0.15, 0.2) is 105 Å². The average Bonchev–Trinajstić information content (AvgIpc) is 3.98. The lowest BCUT2D eigenvalue weighted by Crippen LogP contribution is -2.32. The standard InChI is InChI=1S/C24H27FN2O6S.C17H18FNO3.C7H11NO4S/c1-14(2)18-10-17(25)11-19(15-6-7-26-22(8-15)32-5)20(18)12-21(28)27-34(30,31)23-9-16(13-33-23)24(3,4)29;1-10(2)13-7-12(18)8-14(15(13)9-17(20)21)11-4-5-19-16(6-11)22-3;1-7(2,9)5-3-6(12-4-5)13(8,10)11/h6-11,13-14,29H,12H2,1-5H3,(H,27,28);4-8,10H,9H2,1-3H3,(H,20,21);3-4,9H,1-2H3,(H2,8,10,11). The van der Waals surface area contributed by atoms with Gasteiger partial charge in [0.2, 0.25) is 27.9 Å². The second kappa shape index (κ2) is 22.3. The van der Waals surface area contributed by atoms with Gasteiger partial charge in [0.05, 0.1) is 50.8 Å². The molecule has 6 N–H and O–H groups in total. The van der Waals surface area contributed by atoms with Crippen molar-refractivity contribution >= 4 is 31.9 Å². The molecule has 6 rings (SSSR count). The average molecular weight is 999 g/mol. The quantitative estimate of drug-likeness (QED) is 0.0660. The van der Waals surface area contributed by atoms with Gasteiger partial charge >= 0.3 is 5.97 Å². The second-order valence-corrected chi connectivity index (χ2v) is 20.4.